The summed E-state index contributed by atoms with van der Waals surface area (Å²) in [5.41, 5.74) is -0.581. The average molecular weight is 401 g/mol. The normalized spacial score (nSPS) is 19.2. The first-order chi connectivity index (χ1) is 12.7. The Balaban J connectivity index is 1.83. The topological polar surface area (TPSA) is 75.5 Å². The lowest BCUT2D eigenvalue weighted by Gasteiger charge is -2.28. The van der Waals surface area contributed by atoms with Crippen molar-refractivity contribution in [3.8, 4) is 0 Å². The van der Waals surface area contributed by atoms with Crippen LogP contribution in [0.1, 0.15) is 11.7 Å². The summed E-state index contributed by atoms with van der Waals surface area (Å²) in [5.74, 6) is 0. The van der Waals surface area contributed by atoms with Crippen LogP contribution in [0.15, 0.2) is 36.4 Å². The molecule has 0 saturated carbocycles. The fourth-order valence-electron chi connectivity index (χ4n) is 3.03. The minimum Gasteiger partial charge on any atom is -0.288 e. The molecule has 2 aliphatic rings. The van der Waals surface area contributed by atoms with Crippen molar-refractivity contribution in [3.05, 3.63) is 52.1 Å². The molecule has 0 radical (unpaired) electrons. The third-order valence-electron chi connectivity index (χ3n) is 4.52. The Morgan fingerprint density at radius 1 is 1.04 bits per heavy atom. The van der Waals surface area contributed by atoms with Gasteiger partial charge in [0, 0.05) is 32.2 Å². The third kappa shape index (κ3) is 3.34. The van der Waals surface area contributed by atoms with Crippen LogP contribution in [0, 0.1) is 10.1 Å². The molecule has 2 aliphatic heterocycles. The van der Waals surface area contributed by atoms with Crippen molar-refractivity contribution in [2.24, 2.45) is 0 Å². The lowest BCUT2D eigenvalue weighted by Crippen LogP contribution is -2.25. The maximum Gasteiger partial charge on any atom is 0.419 e. The Morgan fingerprint density at radius 2 is 1.59 bits per heavy atom. The van der Waals surface area contributed by atoms with Crippen molar-refractivity contribution in [1.82, 2.24) is 9.34 Å². The molecule has 0 aliphatic carbocycles. The van der Waals surface area contributed by atoms with Crippen LogP contribution in [-0.2, 0) is 9.09 Å². The molecule has 2 aromatic rings. The molecule has 0 N–H and O–H groups in total. The molecule has 0 spiro atoms. The summed E-state index contributed by atoms with van der Waals surface area (Å²) in [4.78, 5) is 10.6. The number of benzene rings is 2. The zero-order valence-corrected chi connectivity index (χ0v) is 14.8. The van der Waals surface area contributed by atoms with Gasteiger partial charge in [-0.25, -0.2) is 9.34 Å². The number of nitro groups is 1. The first-order valence-corrected chi connectivity index (χ1v) is 9.77. The second kappa shape index (κ2) is 6.27. The molecule has 1 atom stereocenters. The second-order valence-electron chi connectivity index (χ2n) is 6.40. The Labute approximate surface area is 152 Å². The summed E-state index contributed by atoms with van der Waals surface area (Å²) in [6.45, 7) is 1.66. The predicted molar refractivity (Wildman–Crippen MR) is 91.2 cm³/mol. The predicted octanol–water partition coefficient (Wildman–Crippen LogP) is 4.11. The first kappa shape index (κ1) is 18.4. The molecule has 11 heteroatoms. The highest BCUT2D eigenvalue weighted by molar-refractivity contribution is 7.54. The summed E-state index contributed by atoms with van der Waals surface area (Å²) in [5, 5.41) is 11.3. The average Bonchev–Trinajstić information content (AvgIpc) is 3.48. The van der Waals surface area contributed by atoms with E-state index in [1.54, 1.807) is 0 Å². The van der Waals surface area contributed by atoms with Crippen LogP contribution in [0.3, 0.4) is 0 Å². The van der Waals surface area contributed by atoms with E-state index < -0.39 is 24.9 Å². The molecule has 144 valence electrons. The van der Waals surface area contributed by atoms with Crippen molar-refractivity contribution in [1.29, 1.82) is 0 Å². The minimum atomic E-state index is -4.83. The van der Waals surface area contributed by atoms with Gasteiger partial charge >= 0.3 is 13.8 Å². The van der Waals surface area contributed by atoms with E-state index in [0.717, 1.165) is 12.1 Å². The number of fused-ring (bicyclic) bond motifs is 1. The van der Waals surface area contributed by atoms with Gasteiger partial charge in [-0.3, -0.25) is 19.2 Å². The minimum absolute atomic E-state index is 0.0529. The monoisotopic (exact) mass is 401 g/mol. The van der Waals surface area contributed by atoms with E-state index in [-0.39, 0.29) is 22.0 Å². The van der Waals surface area contributed by atoms with Crippen LogP contribution in [0.4, 0.5) is 18.9 Å². The van der Waals surface area contributed by atoms with Crippen molar-refractivity contribution in [2.45, 2.75) is 12.3 Å². The van der Waals surface area contributed by atoms with Crippen molar-refractivity contribution >= 4 is 24.1 Å². The number of non-ortho nitro benzene ring substituents is 1. The van der Waals surface area contributed by atoms with E-state index in [9.17, 15) is 27.9 Å². The zero-order valence-electron chi connectivity index (χ0n) is 13.9. The molecular formula is C16H15F3N3O4P. The molecule has 0 aromatic heterocycles. The summed E-state index contributed by atoms with van der Waals surface area (Å²) in [6.07, 6.45) is -7.28. The van der Waals surface area contributed by atoms with Gasteiger partial charge in [0.15, 0.2) is 6.10 Å². The van der Waals surface area contributed by atoms with Gasteiger partial charge in [0.2, 0.25) is 0 Å². The highest BCUT2D eigenvalue weighted by atomic mass is 31.2. The van der Waals surface area contributed by atoms with Gasteiger partial charge in [0.05, 0.1) is 10.3 Å². The molecular weight excluding hydrogens is 386 g/mol. The fraction of sp³-hybridized carbons (Fsp3) is 0.375. The number of hydrogen-bond acceptors (Lipinski definition) is 4. The Morgan fingerprint density at radius 3 is 2.07 bits per heavy atom. The number of halogens is 3. The highest BCUT2D eigenvalue weighted by Gasteiger charge is 2.55. The highest BCUT2D eigenvalue weighted by Crippen LogP contribution is 2.65. The molecule has 2 saturated heterocycles. The zero-order chi connectivity index (χ0) is 19.4. The van der Waals surface area contributed by atoms with Gasteiger partial charge in [0.25, 0.3) is 5.69 Å². The van der Waals surface area contributed by atoms with E-state index in [2.05, 4.69) is 0 Å². The summed E-state index contributed by atoms with van der Waals surface area (Å²) in [7, 11) is -3.76. The standard InChI is InChI=1S/C16H15F3N3O4P/c17-16(18,19)15(26-27(25,20-7-8-20)21-9-10-21)13-5-6-14(22(23)24)12-4-2-1-3-11(12)13/h1-6,15H,7-10H2/t15-/m0/s1. The number of hydrogen-bond donors (Lipinski definition) is 0. The summed E-state index contributed by atoms with van der Waals surface area (Å²) >= 11 is 0. The van der Waals surface area contributed by atoms with E-state index in [4.69, 9.17) is 4.52 Å². The largest absolute Gasteiger partial charge is 0.419 e. The van der Waals surface area contributed by atoms with Crippen LogP contribution < -0.4 is 0 Å². The molecule has 2 aromatic carbocycles. The Kier molecular flexibility index (Phi) is 4.27. The maximum absolute atomic E-state index is 13.9. The lowest BCUT2D eigenvalue weighted by atomic mass is 9.99. The number of alkyl halides is 3. The lowest BCUT2D eigenvalue weighted by molar-refractivity contribution is -0.383. The Hall–Kier alpha value is -2.00. The van der Waals surface area contributed by atoms with Gasteiger partial charge in [-0.15, -0.1) is 0 Å². The molecule has 2 heterocycles. The smallest absolute Gasteiger partial charge is 0.288 e. The van der Waals surface area contributed by atoms with Crippen molar-refractivity contribution in [3.63, 3.8) is 0 Å². The van der Waals surface area contributed by atoms with E-state index >= 15 is 0 Å². The Bertz CT molecular complexity index is 944. The van der Waals surface area contributed by atoms with Gasteiger partial charge in [-0.2, -0.15) is 13.2 Å². The van der Waals surface area contributed by atoms with Gasteiger partial charge in [-0.1, -0.05) is 18.2 Å². The fourth-order valence-corrected chi connectivity index (χ4v) is 5.35. The van der Waals surface area contributed by atoms with E-state index in [1.807, 2.05) is 0 Å². The van der Waals surface area contributed by atoms with Crippen molar-refractivity contribution in [2.75, 3.05) is 26.2 Å². The van der Waals surface area contributed by atoms with Gasteiger partial charge in [-0.05, 0) is 23.1 Å². The molecule has 4 rings (SSSR count). The van der Waals surface area contributed by atoms with Gasteiger partial charge < -0.3 is 0 Å². The molecule has 0 unspecified atom stereocenters. The number of nitrogens with zero attached hydrogens (tertiary/aromatic N) is 3. The van der Waals surface area contributed by atoms with Crippen LogP contribution in [0.2, 0.25) is 0 Å². The third-order valence-corrected chi connectivity index (χ3v) is 7.23. The SMILES string of the molecule is O=[N+]([O-])c1ccc([C@H](OP(=O)(N2CC2)N2CC2)C(F)(F)F)c2ccccc12. The van der Waals surface area contributed by atoms with Crippen LogP contribution >= 0.6 is 7.67 Å². The molecule has 7 nitrogen and oxygen atoms in total. The molecule has 27 heavy (non-hydrogen) atoms. The second-order valence-corrected chi connectivity index (χ2v) is 8.72. The van der Waals surface area contributed by atoms with Crippen LogP contribution in [0.25, 0.3) is 10.8 Å². The molecule has 0 amide bonds. The van der Waals surface area contributed by atoms with E-state index in [1.165, 1.54) is 33.6 Å². The quantitative estimate of drug-likeness (QED) is 0.314. The van der Waals surface area contributed by atoms with Crippen LogP contribution in [-0.4, -0.2) is 46.6 Å². The molecule has 0 bridgehead atoms. The van der Waals surface area contributed by atoms with Crippen molar-refractivity contribution < 1.29 is 27.2 Å². The summed E-state index contributed by atoms with van der Waals surface area (Å²) < 4.78 is 62.8. The first-order valence-electron chi connectivity index (χ1n) is 8.24. The van der Waals surface area contributed by atoms with Crippen LogP contribution in [0.5, 0.6) is 0 Å². The maximum atomic E-state index is 13.9. The molecule has 2 fully saturated rings. The van der Waals surface area contributed by atoms with E-state index in [0.29, 0.717) is 26.2 Å². The number of nitro benzene ring substituents is 1. The van der Waals surface area contributed by atoms with Gasteiger partial charge in [0.1, 0.15) is 0 Å². The summed E-state index contributed by atoms with van der Waals surface area (Å²) in [6, 6.07) is 7.84. The number of rotatable bonds is 6.